The Kier molecular flexibility index (Phi) is 3.27. The molecule has 0 aliphatic rings. The minimum atomic E-state index is -0.0840. The van der Waals surface area contributed by atoms with Crippen LogP contribution in [0.3, 0.4) is 0 Å². The molecular formula is C15H15N5O. The number of benzene rings is 1. The number of anilines is 2. The summed E-state index contributed by atoms with van der Waals surface area (Å²) in [6, 6.07) is 9.44. The lowest BCUT2D eigenvalue weighted by Crippen LogP contribution is -2.05. The summed E-state index contributed by atoms with van der Waals surface area (Å²) < 4.78 is 1.87. The number of rotatable bonds is 3. The molecule has 21 heavy (non-hydrogen) atoms. The highest BCUT2D eigenvalue weighted by Crippen LogP contribution is 2.21. The lowest BCUT2D eigenvalue weighted by atomic mass is 10.1. The smallest absolute Gasteiger partial charge is 0.236 e. The molecule has 2 N–H and O–H groups in total. The summed E-state index contributed by atoms with van der Waals surface area (Å²) in [5.74, 6) is 1.34. The highest BCUT2D eigenvalue weighted by molar-refractivity contribution is 5.88. The van der Waals surface area contributed by atoms with E-state index in [0.29, 0.717) is 5.78 Å². The Balaban J connectivity index is 1.94. The molecule has 0 aliphatic carbocycles. The van der Waals surface area contributed by atoms with Crippen LogP contribution in [0.15, 0.2) is 42.7 Å². The quantitative estimate of drug-likeness (QED) is 0.773. The number of aromatic nitrogens is 3. The molecule has 0 atom stereocenters. The van der Waals surface area contributed by atoms with Crippen molar-refractivity contribution in [1.29, 1.82) is 0 Å². The Hall–Kier alpha value is -2.89. The highest BCUT2D eigenvalue weighted by atomic mass is 16.1. The molecule has 6 nitrogen and oxygen atoms in total. The van der Waals surface area contributed by atoms with Gasteiger partial charge in [-0.05, 0) is 18.2 Å². The normalized spacial score (nSPS) is 10.6. The second-order valence-electron chi connectivity index (χ2n) is 4.65. The van der Waals surface area contributed by atoms with Crippen molar-refractivity contribution in [3.63, 3.8) is 0 Å². The van der Waals surface area contributed by atoms with E-state index >= 15 is 0 Å². The van der Waals surface area contributed by atoms with Crippen molar-refractivity contribution in [2.75, 3.05) is 17.7 Å². The van der Waals surface area contributed by atoms with Crippen molar-refractivity contribution in [3.05, 3.63) is 42.7 Å². The first-order chi connectivity index (χ1) is 10.2. The molecule has 0 saturated heterocycles. The van der Waals surface area contributed by atoms with Gasteiger partial charge >= 0.3 is 0 Å². The summed E-state index contributed by atoms with van der Waals surface area (Å²) >= 11 is 0. The first kappa shape index (κ1) is 13.1. The molecule has 2 aromatic heterocycles. The van der Waals surface area contributed by atoms with Gasteiger partial charge in [0.2, 0.25) is 11.7 Å². The predicted molar refractivity (Wildman–Crippen MR) is 82.3 cm³/mol. The fourth-order valence-corrected chi connectivity index (χ4v) is 2.08. The molecule has 0 bridgehead atoms. The van der Waals surface area contributed by atoms with Crippen LogP contribution in [0.5, 0.6) is 0 Å². The van der Waals surface area contributed by atoms with Crippen LogP contribution in [0.4, 0.5) is 11.5 Å². The minimum Gasteiger partial charge on any atom is -0.373 e. The number of hydrogen-bond acceptors (Lipinski definition) is 4. The molecule has 0 fully saturated rings. The predicted octanol–water partition coefficient (Wildman–Crippen LogP) is 2.40. The van der Waals surface area contributed by atoms with Gasteiger partial charge in [-0.25, -0.2) is 4.98 Å². The van der Waals surface area contributed by atoms with Crippen LogP contribution >= 0.6 is 0 Å². The van der Waals surface area contributed by atoms with E-state index in [-0.39, 0.29) is 5.91 Å². The standard InChI is InChI=1S/C15H15N5O/c1-10(21)17-12-5-3-11(4-6-12)13-9-20-8-7-14(16-2)19-15(20)18-13/h3-9H,1-2H3,(H,17,21)(H,16,18,19). The molecule has 0 unspecified atom stereocenters. The second kappa shape index (κ2) is 5.24. The lowest BCUT2D eigenvalue weighted by Gasteiger charge is -2.02. The van der Waals surface area contributed by atoms with E-state index in [2.05, 4.69) is 20.6 Å². The number of carbonyl (C=O) groups excluding carboxylic acids is 1. The summed E-state index contributed by atoms with van der Waals surface area (Å²) in [5.41, 5.74) is 2.58. The van der Waals surface area contributed by atoms with Gasteiger partial charge in [0.05, 0.1) is 5.69 Å². The fraction of sp³-hybridized carbons (Fsp3) is 0.133. The average Bonchev–Trinajstić information content (AvgIpc) is 2.90. The number of hydrogen-bond donors (Lipinski definition) is 2. The topological polar surface area (TPSA) is 71.3 Å². The number of carbonyl (C=O) groups is 1. The van der Waals surface area contributed by atoms with Crippen molar-refractivity contribution in [1.82, 2.24) is 14.4 Å². The van der Waals surface area contributed by atoms with Gasteiger partial charge in [0.15, 0.2) is 0 Å². The van der Waals surface area contributed by atoms with E-state index in [0.717, 1.165) is 22.8 Å². The Morgan fingerprint density at radius 2 is 1.90 bits per heavy atom. The molecular weight excluding hydrogens is 266 g/mol. The SMILES string of the molecule is CNc1ccn2cc(-c3ccc(NC(C)=O)cc3)nc2n1. The lowest BCUT2D eigenvalue weighted by molar-refractivity contribution is -0.114. The van der Waals surface area contributed by atoms with Crippen LogP contribution < -0.4 is 10.6 Å². The van der Waals surface area contributed by atoms with Crippen molar-refractivity contribution in [2.24, 2.45) is 0 Å². The Labute approximate surface area is 121 Å². The number of fused-ring (bicyclic) bond motifs is 1. The summed E-state index contributed by atoms with van der Waals surface area (Å²) in [6.45, 7) is 1.49. The summed E-state index contributed by atoms with van der Waals surface area (Å²) in [4.78, 5) is 19.9. The molecule has 0 spiro atoms. The van der Waals surface area contributed by atoms with Crippen LogP contribution in [-0.2, 0) is 4.79 Å². The largest absolute Gasteiger partial charge is 0.373 e. The first-order valence-electron chi connectivity index (χ1n) is 6.57. The average molecular weight is 281 g/mol. The maximum atomic E-state index is 11.0. The first-order valence-corrected chi connectivity index (χ1v) is 6.57. The van der Waals surface area contributed by atoms with Crippen molar-refractivity contribution >= 4 is 23.2 Å². The van der Waals surface area contributed by atoms with E-state index < -0.39 is 0 Å². The van der Waals surface area contributed by atoms with Gasteiger partial charge in [-0.3, -0.25) is 9.20 Å². The molecule has 3 aromatic rings. The van der Waals surface area contributed by atoms with Gasteiger partial charge in [0, 0.05) is 37.6 Å². The van der Waals surface area contributed by atoms with Crippen LogP contribution in [0, 0.1) is 0 Å². The third kappa shape index (κ3) is 2.69. The van der Waals surface area contributed by atoms with Gasteiger partial charge in [0.1, 0.15) is 5.82 Å². The van der Waals surface area contributed by atoms with E-state index in [1.165, 1.54) is 6.92 Å². The molecule has 6 heteroatoms. The number of imidazole rings is 1. The van der Waals surface area contributed by atoms with E-state index in [1.807, 2.05) is 54.2 Å². The zero-order valence-electron chi connectivity index (χ0n) is 11.8. The molecule has 3 rings (SSSR count). The molecule has 0 saturated carbocycles. The number of amides is 1. The fourth-order valence-electron chi connectivity index (χ4n) is 2.08. The zero-order chi connectivity index (χ0) is 14.8. The van der Waals surface area contributed by atoms with Crippen molar-refractivity contribution < 1.29 is 4.79 Å². The van der Waals surface area contributed by atoms with E-state index in [4.69, 9.17) is 0 Å². The van der Waals surface area contributed by atoms with Crippen LogP contribution in [0.1, 0.15) is 6.92 Å². The summed E-state index contributed by atoms with van der Waals surface area (Å²) in [6.07, 6.45) is 3.84. The molecule has 2 heterocycles. The minimum absolute atomic E-state index is 0.0840. The second-order valence-corrected chi connectivity index (χ2v) is 4.65. The summed E-state index contributed by atoms with van der Waals surface area (Å²) in [5, 5.41) is 5.73. The van der Waals surface area contributed by atoms with Gasteiger partial charge in [-0.1, -0.05) is 12.1 Å². The van der Waals surface area contributed by atoms with E-state index in [1.54, 1.807) is 0 Å². The third-order valence-corrected chi connectivity index (χ3v) is 3.08. The van der Waals surface area contributed by atoms with Gasteiger partial charge in [-0.15, -0.1) is 0 Å². The third-order valence-electron chi connectivity index (χ3n) is 3.08. The number of nitrogens with one attached hydrogen (secondary N) is 2. The van der Waals surface area contributed by atoms with Crippen LogP contribution in [-0.4, -0.2) is 27.3 Å². The van der Waals surface area contributed by atoms with Crippen LogP contribution in [0.25, 0.3) is 17.0 Å². The summed E-state index contributed by atoms with van der Waals surface area (Å²) in [7, 11) is 1.82. The molecule has 0 radical (unpaired) electrons. The van der Waals surface area contributed by atoms with Gasteiger partial charge < -0.3 is 10.6 Å². The van der Waals surface area contributed by atoms with Gasteiger partial charge in [-0.2, -0.15) is 4.98 Å². The molecule has 1 amide bonds. The zero-order valence-corrected chi connectivity index (χ0v) is 11.8. The molecule has 0 aliphatic heterocycles. The maximum absolute atomic E-state index is 11.0. The highest BCUT2D eigenvalue weighted by Gasteiger charge is 2.06. The monoisotopic (exact) mass is 281 g/mol. The molecule has 1 aromatic carbocycles. The van der Waals surface area contributed by atoms with Crippen LogP contribution in [0.2, 0.25) is 0 Å². The molecule has 106 valence electrons. The maximum Gasteiger partial charge on any atom is 0.236 e. The Bertz CT molecular complexity index is 791. The van der Waals surface area contributed by atoms with E-state index in [9.17, 15) is 4.79 Å². The van der Waals surface area contributed by atoms with Crippen molar-refractivity contribution in [3.8, 4) is 11.3 Å². The Morgan fingerprint density at radius 3 is 2.57 bits per heavy atom. The number of nitrogens with zero attached hydrogens (tertiary/aromatic N) is 3. The van der Waals surface area contributed by atoms with Gasteiger partial charge in [0.25, 0.3) is 0 Å². The van der Waals surface area contributed by atoms with Crippen molar-refractivity contribution in [2.45, 2.75) is 6.92 Å². The Morgan fingerprint density at radius 1 is 1.14 bits per heavy atom.